The molecule has 122 valence electrons. The van der Waals surface area contributed by atoms with Crippen LogP contribution in [0.15, 0.2) is 30.5 Å². The van der Waals surface area contributed by atoms with Crippen LogP contribution in [0, 0.1) is 0 Å². The van der Waals surface area contributed by atoms with Crippen LogP contribution in [-0.4, -0.2) is 39.5 Å². The molecule has 1 aromatic heterocycles. The zero-order chi connectivity index (χ0) is 17.0. The minimum absolute atomic E-state index is 0.201. The maximum absolute atomic E-state index is 12.7. The van der Waals surface area contributed by atoms with Crippen molar-refractivity contribution in [3.63, 3.8) is 0 Å². The standard InChI is InChI=1S/C15H15ClFN3O3/c1-2-13-11(14(21)19-12(7-17)15(22)23)8-18-20(13)10-5-3-4-9(16)6-10/h3-6,8,12H,2,7H2,1H3,(H,19,21)(H,22,23). The molecule has 0 aliphatic rings. The third-order valence-corrected chi connectivity index (χ3v) is 3.49. The second kappa shape index (κ2) is 7.23. The monoisotopic (exact) mass is 339 g/mol. The molecule has 0 fully saturated rings. The van der Waals surface area contributed by atoms with E-state index in [0.29, 0.717) is 22.8 Å². The van der Waals surface area contributed by atoms with Gasteiger partial charge in [-0.05, 0) is 24.6 Å². The number of halogens is 2. The highest BCUT2D eigenvalue weighted by Gasteiger charge is 2.23. The second-order valence-corrected chi connectivity index (χ2v) is 5.21. The quantitative estimate of drug-likeness (QED) is 0.845. The van der Waals surface area contributed by atoms with Crippen molar-refractivity contribution in [3.8, 4) is 5.69 Å². The Balaban J connectivity index is 2.34. The number of carbonyl (C=O) groups is 2. The Hall–Kier alpha value is -2.41. The molecule has 0 aliphatic carbocycles. The number of carboxylic acids is 1. The number of nitrogens with zero attached hydrogens (tertiary/aromatic N) is 2. The largest absolute Gasteiger partial charge is 0.480 e. The molecule has 0 aliphatic heterocycles. The van der Waals surface area contributed by atoms with E-state index in [1.54, 1.807) is 28.9 Å². The summed E-state index contributed by atoms with van der Waals surface area (Å²) < 4.78 is 14.2. The number of hydrogen-bond donors (Lipinski definition) is 2. The average Bonchev–Trinajstić information content (AvgIpc) is 2.96. The van der Waals surface area contributed by atoms with Crippen molar-refractivity contribution < 1.29 is 19.1 Å². The van der Waals surface area contributed by atoms with E-state index < -0.39 is 24.6 Å². The highest BCUT2D eigenvalue weighted by Crippen LogP contribution is 2.19. The van der Waals surface area contributed by atoms with Crippen molar-refractivity contribution >= 4 is 23.5 Å². The molecule has 1 atom stereocenters. The topological polar surface area (TPSA) is 84.2 Å². The molecule has 0 bridgehead atoms. The van der Waals surface area contributed by atoms with Crippen molar-refractivity contribution in [2.24, 2.45) is 0 Å². The van der Waals surface area contributed by atoms with Crippen LogP contribution in [0.4, 0.5) is 4.39 Å². The predicted molar refractivity (Wildman–Crippen MR) is 82.8 cm³/mol. The summed E-state index contributed by atoms with van der Waals surface area (Å²) in [6, 6.07) is 5.36. The highest BCUT2D eigenvalue weighted by atomic mass is 35.5. The molecule has 1 aromatic carbocycles. The second-order valence-electron chi connectivity index (χ2n) is 4.77. The smallest absolute Gasteiger partial charge is 0.328 e. The fraction of sp³-hybridized carbons (Fsp3) is 0.267. The first-order valence-corrected chi connectivity index (χ1v) is 7.28. The molecule has 1 amide bonds. The van der Waals surface area contributed by atoms with Gasteiger partial charge in [0.1, 0.15) is 6.67 Å². The fourth-order valence-electron chi connectivity index (χ4n) is 2.14. The summed E-state index contributed by atoms with van der Waals surface area (Å²) >= 11 is 5.95. The molecule has 0 radical (unpaired) electrons. The molecule has 23 heavy (non-hydrogen) atoms. The van der Waals surface area contributed by atoms with E-state index in [4.69, 9.17) is 16.7 Å². The van der Waals surface area contributed by atoms with Gasteiger partial charge in [-0.25, -0.2) is 13.9 Å². The zero-order valence-electron chi connectivity index (χ0n) is 12.3. The minimum Gasteiger partial charge on any atom is -0.480 e. The normalized spacial score (nSPS) is 12.0. The summed E-state index contributed by atoms with van der Waals surface area (Å²) in [5.41, 5.74) is 1.45. The molecule has 0 spiro atoms. The van der Waals surface area contributed by atoms with Gasteiger partial charge in [-0.3, -0.25) is 4.79 Å². The molecule has 0 saturated carbocycles. The molecule has 8 heteroatoms. The third kappa shape index (κ3) is 3.68. The van der Waals surface area contributed by atoms with Crippen LogP contribution < -0.4 is 5.32 Å². The first kappa shape index (κ1) is 17.0. The van der Waals surface area contributed by atoms with Crippen LogP contribution in [0.2, 0.25) is 5.02 Å². The Morgan fingerprint density at radius 2 is 2.22 bits per heavy atom. The Bertz CT molecular complexity index is 733. The number of carboxylic acid groups (broad SMARTS) is 1. The van der Waals surface area contributed by atoms with Crippen LogP contribution in [0.25, 0.3) is 5.69 Å². The fourth-order valence-corrected chi connectivity index (χ4v) is 2.32. The average molecular weight is 340 g/mol. The Labute approximate surface area is 136 Å². The van der Waals surface area contributed by atoms with Gasteiger partial charge < -0.3 is 10.4 Å². The lowest BCUT2D eigenvalue weighted by atomic mass is 10.1. The van der Waals surface area contributed by atoms with Gasteiger partial charge in [0.2, 0.25) is 0 Å². The molecule has 2 aromatic rings. The summed E-state index contributed by atoms with van der Waals surface area (Å²) in [4.78, 5) is 23.0. The van der Waals surface area contributed by atoms with Crippen LogP contribution in [0.1, 0.15) is 23.0 Å². The van der Waals surface area contributed by atoms with Gasteiger partial charge >= 0.3 is 5.97 Å². The number of rotatable bonds is 6. The molecule has 1 heterocycles. The van der Waals surface area contributed by atoms with E-state index in [1.807, 2.05) is 6.92 Å². The number of hydrogen-bond acceptors (Lipinski definition) is 3. The van der Waals surface area contributed by atoms with E-state index in [-0.39, 0.29) is 5.56 Å². The predicted octanol–water partition coefficient (Wildman–Crippen LogP) is 2.24. The lowest BCUT2D eigenvalue weighted by Crippen LogP contribution is -2.42. The number of amides is 1. The van der Waals surface area contributed by atoms with Crippen LogP contribution in [0.5, 0.6) is 0 Å². The molecule has 0 saturated heterocycles. The zero-order valence-corrected chi connectivity index (χ0v) is 13.0. The summed E-state index contributed by atoms with van der Waals surface area (Å²) in [6.07, 6.45) is 1.80. The van der Waals surface area contributed by atoms with Gasteiger partial charge in [0.15, 0.2) is 6.04 Å². The summed E-state index contributed by atoms with van der Waals surface area (Å²) in [5.74, 6) is -2.11. The number of carbonyl (C=O) groups excluding carboxylic acids is 1. The van der Waals surface area contributed by atoms with E-state index in [2.05, 4.69) is 10.4 Å². The Morgan fingerprint density at radius 1 is 1.48 bits per heavy atom. The van der Waals surface area contributed by atoms with Crippen molar-refractivity contribution in [3.05, 3.63) is 46.7 Å². The van der Waals surface area contributed by atoms with Crippen LogP contribution in [-0.2, 0) is 11.2 Å². The van der Waals surface area contributed by atoms with Crippen molar-refractivity contribution in [1.29, 1.82) is 0 Å². The van der Waals surface area contributed by atoms with Crippen molar-refractivity contribution in [2.75, 3.05) is 6.67 Å². The Kier molecular flexibility index (Phi) is 5.33. The van der Waals surface area contributed by atoms with Gasteiger partial charge in [-0.1, -0.05) is 24.6 Å². The summed E-state index contributed by atoms with van der Waals surface area (Å²) in [5, 5.41) is 15.6. The first-order chi connectivity index (χ1) is 11.0. The summed E-state index contributed by atoms with van der Waals surface area (Å²) in [6.45, 7) is 0.642. The summed E-state index contributed by atoms with van der Waals surface area (Å²) in [7, 11) is 0. The van der Waals surface area contributed by atoms with Gasteiger partial charge in [-0.15, -0.1) is 0 Å². The van der Waals surface area contributed by atoms with Crippen molar-refractivity contribution in [1.82, 2.24) is 15.1 Å². The van der Waals surface area contributed by atoms with Gasteiger partial charge in [0, 0.05) is 5.02 Å². The number of nitrogens with one attached hydrogen (secondary N) is 1. The maximum Gasteiger partial charge on any atom is 0.328 e. The first-order valence-electron chi connectivity index (χ1n) is 6.90. The van der Waals surface area contributed by atoms with E-state index >= 15 is 0 Å². The molecule has 2 rings (SSSR count). The van der Waals surface area contributed by atoms with Crippen LogP contribution in [0.3, 0.4) is 0 Å². The minimum atomic E-state index is -1.58. The molecular weight excluding hydrogens is 325 g/mol. The molecular formula is C15H15ClFN3O3. The highest BCUT2D eigenvalue weighted by molar-refractivity contribution is 6.30. The lowest BCUT2D eigenvalue weighted by Gasteiger charge is -2.11. The Morgan fingerprint density at radius 3 is 2.78 bits per heavy atom. The number of benzene rings is 1. The number of alkyl halides is 1. The van der Waals surface area contributed by atoms with E-state index in [9.17, 15) is 14.0 Å². The number of aliphatic carboxylic acids is 1. The molecule has 2 N–H and O–H groups in total. The number of aromatic nitrogens is 2. The molecule has 6 nitrogen and oxygen atoms in total. The van der Waals surface area contributed by atoms with Gasteiger partial charge in [0.05, 0.1) is 23.1 Å². The van der Waals surface area contributed by atoms with Crippen LogP contribution >= 0.6 is 11.6 Å². The molecule has 1 unspecified atom stereocenters. The SMILES string of the molecule is CCc1c(C(=O)NC(CF)C(=O)O)cnn1-c1cccc(Cl)c1. The third-order valence-electron chi connectivity index (χ3n) is 3.26. The van der Waals surface area contributed by atoms with Gasteiger partial charge in [0.25, 0.3) is 5.91 Å². The van der Waals surface area contributed by atoms with E-state index in [0.717, 1.165) is 0 Å². The van der Waals surface area contributed by atoms with Gasteiger partial charge in [-0.2, -0.15) is 5.10 Å². The van der Waals surface area contributed by atoms with Crippen molar-refractivity contribution in [2.45, 2.75) is 19.4 Å². The van der Waals surface area contributed by atoms with E-state index in [1.165, 1.54) is 6.20 Å². The lowest BCUT2D eigenvalue weighted by molar-refractivity contribution is -0.139. The maximum atomic E-state index is 12.7.